The monoisotopic (exact) mass is 430 g/mol. The van der Waals surface area contributed by atoms with Crippen LogP contribution in [0.15, 0.2) is 60.8 Å². The number of piperazine rings is 1. The third-order valence-electron chi connectivity index (χ3n) is 6.81. The number of aromatic amines is 1. The van der Waals surface area contributed by atoms with Crippen LogP contribution in [0, 0.1) is 0 Å². The van der Waals surface area contributed by atoms with E-state index in [4.69, 9.17) is 0 Å². The van der Waals surface area contributed by atoms with Gasteiger partial charge in [0.05, 0.1) is 12.6 Å². The van der Waals surface area contributed by atoms with Crippen molar-refractivity contribution >= 4 is 22.6 Å². The highest BCUT2D eigenvalue weighted by molar-refractivity contribution is 6.10. The van der Waals surface area contributed by atoms with Gasteiger partial charge in [0.1, 0.15) is 0 Å². The minimum atomic E-state index is -0.327. The van der Waals surface area contributed by atoms with E-state index in [9.17, 15) is 9.59 Å². The molecule has 0 radical (unpaired) electrons. The molecule has 6 nitrogen and oxygen atoms in total. The first-order valence-electron chi connectivity index (χ1n) is 11.6. The van der Waals surface area contributed by atoms with E-state index in [0.717, 1.165) is 74.1 Å². The first-order valence-corrected chi connectivity index (χ1v) is 11.6. The molecule has 2 fully saturated rings. The van der Waals surface area contributed by atoms with Gasteiger partial charge in [0.15, 0.2) is 5.78 Å². The lowest BCUT2D eigenvalue weighted by molar-refractivity contribution is -0.131. The van der Waals surface area contributed by atoms with Gasteiger partial charge in [-0.05, 0) is 24.5 Å². The molecule has 1 atom stereocenters. The molecule has 0 aliphatic carbocycles. The van der Waals surface area contributed by atoms with Crippen LogP contribution in [0.3, 0.4) is 0 Å². The highest BCUT2D eigenvalue weighted by Crippen LogP contribution is 2.29. The van der Waals surface area contributed by atoms with Crippen LogP contribution in [0.5, 0.6) is 0 Å². The summed E-state index contributed by atoms with van der Waals surface area (Å²) < 4.78 is 0. The molecule has 2 saturated heterocycles. The molecule has 2 aliphatic heterocycles. The fourth-order valence-corrected chi connectivity index (χ4v) is 5.02. The number of Topliss-reactive ketones (excluding diaryl/α,β-unsaturated/α-hetero) is 1. The van der Waals surface area contributed by atoms with Gasteiger partial charge in [0, 0.05) is 61.9 Å². The number of likely N-dealkylation sites (tertiary alicyclic amines) is 1. The number of ketones is 1. The predicted octanol–water partition coefficient (Wildman–Crippen LogP) is 3.33. The summed E-state index contributed by atoms with van der Waals surface area (Å²) in [7, 11) is 0. The molecule has 1 aromatic heterocycles. The number of carbonyl (C=O) groups excluding carboxylic acids is 2. The molecule has 166 valence electrons. The van der Waals surface area contributed by atoms with E-state index in [0.29, 0.717) is 6.54 Å². The maximum Gasteiger partial charge on any atom is 0.236 e. The predicted molar refractivity (Wildman–Crippen MR) is 126 cm³/mol. The number of nitrogens with one attached hydrogen (secondary N) is 1. The molecule has 0 bridgehead atoms. The average molecular weight is 431 g/mol. The van der Waals surface area contributed by atoms with Crippen LogP contribution < -0.4 is 0 Å². The van der Waals surface area contributed by atoms with Gasteiger partial charge < -0.3 is 9.88 Å². The van der Waals surface area contributed by atoms with Crippen molar-refractivity contribution in [1.82, 2.24) is 19.7 Å². The van der Waals surface area contributed by atoms with Crippen LogP contribution in [0.25, 0.3) is 10.9 Å². The van der Waals surface area contributed by atoms with Crippen LogP contribution in [0.2, 0.25) is 0 Å². The SMILES string of the molecule is O=C(c1c[nH]c2ccccc12)[C@@H](c1ccccc1)N1CCN(CC(=O)N2CCCC2)CC1. The third kappa shape index (κ3) is 4.20. The number of fused-ring (bicyclic) bond motifs is 1. The smallest absolute Gasteiger partial charge is 0.236 e. The van der Waals surface area contributed by atoms with Gasteiger partial charge in [0.25, 0.3) is 0 Å². The standard InChI is InChI=1S/C26H30N4O2/c31-24(29-12-6-7-13-29)19-28-14-16-30(17-15-28)25(20-8-2-1-3-9-20)26(32)22-18-27-23-11-5-4-10-21(22)23/h1-5,8-11,18,25,27H,6-7,12-17,19H2/t25-/m1/s1. The van der Waals surface area contributed by atoms with E-state index in [1.165, 1.54) is 0 Å². The van der Waals surface area contributed by atoms with Gasteiger partial charge in [0.2, 0.25) is 5.91 Å². The Bertz CT molecular complexity index is 1080. The molecule has 5 rings (SSSR count). The van der Waals surface area contributed by atoms with E-state index in [1.807, 2.05) is 65.7 Å². The molecule has 2 aliphatic rings. The molecule has 1 amide bonds. The second-order valence-electron chi connectivity index (χ2n) is 8.83. The maximum atomic E-state index is 13.8. The van der Waals surface area contributed by atoms with Crippen molar-refractivity contribution < 1.29 is 9.59 Å². The fraction of sp³-hybridized carbons (Fsp3) is 0.385. The van der Waals surface area contributed by atoms with E-state index < -0.39 is 0 Å². The number of hydrogen-bond acceptors (Lipinski definition) is 4. The second-order valence-corrected chi connectivity index (χ2v) is 8.83. The minimum absolute atomic E-state index is 0.121. The molecule has 0 saturated carbocycles. The van der Waals surface area contributed by atoms with Gasteiger partial charge in [-0.25, -0.2) is 0 Å². The topological polar surface area (TPSA) is 59.7 Å². The molecule has 3 heterocycles. The molecular weight excluding hydrogens is 400 g/mol. The maximum absolute atomic E-state index is 13.8. The zero-order valence-electron chi connectivity index (χ0n) is 18.4. The van der Waals surface area contributed by atoms with E-state index in [1.54, 1.807) is 0 Å². The zero-order chi connectivity index (χ0) is 21.9. The number of H-pyrrole nitrogens is 1. The number of amides is 1. The summed E-state index contributed by atoms with van der Waals surface area (Å²) in [6, 6.07) is 17.7. The summed E-state index contributed by atoms with van der Waals surface area (Å²) in [5.74, 6) is 0.362. The van der Waals surface area contributed by atoms with Crippen molar-refractivity contribution in [3.63, 3.8) is 0 Å². The number of hydrogen-bond donors (Lipinski definition) is 1. The van der Waals surface area contributed by atoms with Crippen molar-refractivity contribution in [3.8, 4) is 0 Å². The number of aromatic nitrogens is 1. The van der Waals surface area contributed by atoms with Crippen molar-refractivity contribution in [2.45, 2.75) is 18.9 Å². The van der Waals surface area contributed by atoms with Gasteiger partial charge in [-0.3, -0.25) is 19.4 Å². The van der Waals surface area contributed by atoms with Gasteiger partial charge in [-0.2, -0.15) is 0 Å². The Hall–Kier alpha value is -2.96. The Balaban J connectivity index is 1.33. The molecule has 1 N–H and O–H groups in total. The van der Waals surface area contributed by atoms with Crippen LogP contribution in [0.1, 0.15) is 34.8 Å². The normalized spacial score (nSPS) is 18.8. The lowest BCUT2D eigenvalue weighted by Gasteiger charge is -2.39. The van der Waals surface area contributed by atoms with Crippen LogP contribution in [-0.2, 0) is 4.79 Å². The molecule has 32 heavy (non-hydrogen) atoms. The highest BCUT2D eigenvalue weighted by Gasteiger charge is 2.33. The van der Waals surface area contributed by atoms with Crippen molar-refractivity contribution in [1.29, 1.82) is 0 Å². The Morgan fingerprint density at radius 1 is 0.844 bits per heavy atom. The minimum Gasteiger partial charge on any atom is -0.360 e. The van der Waals surface area contributed by atoms with Gasteiger partial charge in [-0.15, -0.1) is 0 Å². The van der Waals surface area contributed by atoms with E-state index in [2.05, 4.69) is 14.8 Å². The fourth-order valence-electron chi connectivity index (χ4n) is 5.02. The van der Waals surface area contributed by atoms with Crippen molar-refractivity contribution in [2.24, 2.45) is 0 Å². The molecule has 3 aromatic rings. The molecule has 2 aromatic carbocycles. The summed E-state index contributed by atoms with van der Waals surface area (Å²) in [6.45, 7) is 5.40. The lowest BCUT2D eigenvalue weighted by atomic mass is 9.95. The first kappa shape index (κ1) is 20.9. The lowest BCUT2D eigenvalue weighted by Crippen LogP contribution is -2.51. The Morgan fingerprint density at radius 3 is 2.28 bits per heavy atom. The van der Waals surface area contributed by atoms with Gasteiger partial charge >= 0.3 is 0 Å². The summed E-state index contributed by atoms with van der Waals surface area (Å²) >= 11 is 0. The largest absolute Gasteiger partial charge is 0.360 e. The highest BCUT2D eigenvalue weighted by atomic mass is 16.2. The summed E-state index contributed by atoms with van der Waals surface area (Å²) in [4.78, 5) is 36.1. The third-order valence-corrected chi connectivity index (χ3v) is 6.81. The van der Waals surface area contributed by atoms with E-state index >= 15 is 0 Å². The van der Waals surface area contributed by atoms with Crippen LogP contribution in [0.4, 0.5) is 0 Å². The van der Waals surface area contributed by atoms with Crippen LogP contribution in [-0.4, -0.2) is 77.2 Å². The number of benzene rings is 2. The zero-order valence-corrected chi connectivity index (χ0v) is 18.4. The molecule has 0 unspecified atom stereocenters. The van der Waals surface area contributed by atoms with Gasteiger partial charge in [-0.1, -0.05) is 48.5 Å². The number of nitrogens with zero attached hydrogens (tertiary/aromatic N) is 3. The van der Waals surface area contributed by atoms with E-state index in [-0.39, 0.29) is 17.7 Å². The molecule has 0 spiro atoms. The first-order chi connectivity index (χ1) is 15.7. The summed E-state index contributed by atoms with van der Waals surface area (Å²) in [5, 5.41) is 0.966. The summed E-state index contributed by atoms with van der Waals surface area (Å²) in [6.07, 6.45) is 4.08. The average Bonchev–Trinajstić information content (AvgIpc) is 3.51. The Morgan fingerprint density at radius 2 is 1.53 bits per heavy atom. The van der Waals surface area contributed by atoms with Crippen LogP contribution >= 0.6 is 0 Å². The second kappa shape index (κ2) is 9.27. The summed E-state index contributed by atoms with van der Waals surface area (Å²) in [5.41, 5.74) is 2.73. The number of carbonyl (C=O) groups is 2. The van der Waals surface area contributed by atoms with Crippen molar-refractivity contribution in [2.75, 3.05) is 45.8 Å². The molecular formula is C26H30N4O2. The Labute approximate surface area is 188 Å². The quantitative estimate of drug-likeness (QED) is 0.610. The molecule has 6 heteroatoms. The number of para-hydroxylation sites is 1. The van der Waals surface area contributed by atoms with Crippen molar-refractivity contribution in [3.05, 3.63) is 71.9 Å². The Kier molecular flexibility index (Phi) is 6.06. The number of rotatable bonds is 6.